The zero-order valence-corrected chi connectivity index (χ0v) is 16.6. The van der Waals surface area contributed by atoms with Crippen LogP contribution in [0.5, 0.6) is 23.0 Å². The number of rotatable bonds is 6. The lowest BCUT2D eigenvalue weighted by molar-refractivity contribution is -0.232. The fourth-order valence-corrected chi connectivity index (χ4v) is 3.61. The van der Waals surface area contributed by atoms with E-state index < -0.39 is 77.4 Å². The third kappa shape index (κ3) is 4.35. The summed E-state index contributed by atoms with van der Waals surface area (Å²) in [4.78, 5) is 12.8. The number of hydrogen-bond donors (Lipinski definition) is 9. The van der Waals surface area contributed by atoms with E-state index in [2.05, 4.69) is 0 Å². The quantitative estimate of drug-likeness (QED) is 0.188. The summed E-state index contributed by atoms with van der Waals surface area (Å²) in [6.45, 7) is -0.736. The van der Waals surface area contributed by atoms with E-state index >= 15 is 0 Å². The Labute approximate surface area is 181 Å². The van der Waals surface area contributed by atoms with Crippen molar-refractivity contribution in [3.63, 3.8) is 0 Å². The van der Waals surface area contributed by atoms with Gasteiger partial charge < -0.3 is 50.7 Å². The third-order valence-corrected chi connectivity index (χ3v) is 5.41. The minimum absolute atomic E-state index is 0.275. The van der Waals surface area contributed by atoms with Crippen LogP contribution in [0.25, 0.3) is 0 Å². The van der Waals surface area contributed by atoms with Gasteiger partial charge in [-0.2, -0.15) is 0 Å². The van der Waals surface area contributed by atoms with E-state index in [1.807, 2.05) is 0 Å². The van der Waals surface area contributed by atoms with Gasteiger partial charge in [-0.15, -0.1) is 0 Å². The van der Waals surface area contributed by atoms with Crippen molar-refractivity contribution in [3.8, 4) is 23.0 Å². The summed E-state index contributed by atoms with van der Waals surface area (Å²) in [6, 6.07) is 5.77. The van der Waals surface area contributed by atoms with Crippen molar-refractivity contribution in [1.29, 1.82) is 0 Å². The summed E-state index contributed by atoms with van der Waals surface area (Å²) in [6.07, 6.45) is -10.1. The Kier molecular flexibility index (Phi) is 6.88. The highest BCUT2D eigenvalue weighted by Crippen LogP contribution is 2.43. The van der Waals surface area contributed by atoms with Crippen molar-refractivity contribution >= 4 is 5.78 Å². The van der Waals surface area contributed by atoms with Crippen molar-refractivity contribution in [2.45, 2.75) is 43.0 Å². The number of ketones is 1. The molecule has 1 saturated heterocycles. The average Bonchev–Trinajstić information content (AvgIpc) is 2.75. The maximum absolute atomic E-state index is 12.8. The maximum atomic E-state index is 12.8. The standard InChI is InChI=1S/C21H24O11/c22-7-14-18(29)19(30)20(31)21(32-14)15-11(24)4-2-9(17(15)28)16(27)13(26)6-8-1-3-10(23)12(25)5-8/h1-5,13-14,18-26,28-31H,6-7H2/t13-,14+,18+,19-,20+,21-/m0/s1. The van der Waals surface area contributed by atoms with Gasteiger partial charge in [-0.05, 0) is 29.8 Å². The molecule has 0 unspecified atom stereocenters. The van der Waals surface area contributed by atoms with Gasteiger partial charge in [0.1, 0.15) is 48.1 Å². The van der Waals surface area contributed by atoms with Crippen LogP contribution >= 0.6 is 0 Å². The maximum Gasteiger partial charge on any atom is 0.195 e. The Morgan fingerprint density at radius 1 is 0.906 bits per heavy atom. The van der Waals surface area contributed by atoms with Gasteiger partial charge in [0.15, 0.2) is 17.3 Å². The predicted octanol–water partition coefficient (Wildman–Crippen LogP) is -1.19. The lowest BCUT2D eigenvalue weighted by atomic mass is 9.88. The molecule has 0 aromatic heterocycles. The van der Waals surface area contributed by atoms with Crippen LogP contribution in [0.4, 0.5) is 0 Å². The van der Waals surface area contributed by atoms with Crippen LogP contribution < -0.4 is 0 Å². The van der Waals surface area contributed by atoms with E-state index in [-0.39, 0.29) is 12.2 Å². The van der Waals surface area contributed by atoms with Crippen molar-refractivity contribution in [3.05, 3.63) is 47.0 Å². The normalized spacial score (nSPS) is 26.6. The van der Waals surface area contributed by atoms with Crippen LogP contribution in [0.2, 0.25) is 0 Å². The molecular formula is C21H24O11. The number of Topliss-reactive ketones (excluding diaryl/α,β-unsaturated/α-hetero) is 1. The van der Waals surface area contributed by atoms with Gasteiger partial charge in [0.05, 0.1) is 17.7 Å². The van der Waals surface area contributed by atoms with E-state index in [4.69, 9.17) is 4.74 Å². The first-order chi connectivity index (χ1) is 15.1. The minimum atomic E-state index is -1.82. The number of aliphatic hydroxyl groups excluding tert-OH is 5. The van der Waals surface area contributed by atoms with Gasteiger partial charge in [-0.3, -0.25) is 4.79 Å². The van der Waals surface area contributed by atoms with Gasteiger partial charge in [0.25, 0.3) is 0 Å². The number of hydrogen-bond acceptors (Lipinski definition) is 11. The molecule has 174 valence electrons. The lowest BCUT2D eigenvalue weighted by Crippen LogP contribution is -2.55. The zero-order chi connectivity index (χ0) is 23.7. The molecule has 0 aliphatic carbocycles. The molecule has 1 heterocycles. The van der Waals surface area contributed by atoms with Gasteiger partial charge in [0, 0.05) is 6.42 Å². The number of benzene rings is 2. The van der Waals surface area contributed by atoms with E-state index in [9.17, 15) is 50.8 Å². The summed E-state index contributed by atoms with van der Waals surface area (Å²) < 4.78 is 5.34. The molecule has 0 spiro atoms. The number of aromatic hydroxyl groups is 4. The molecule has 1 fully saturated rings. The zero-order valence-electron chi connectivity index (χ0n) is 16.6. The summed E-state index contributed by atoms with van der Waals surface area (Å²) in [5.41, 5.74) is -0.582. The van der Waals surface area contributed by atoms with Crippen LogP contribution in [0.3, 0.4) is 0 Å². The van der Waals surface area contributed by atoms with Gasteiger partial charge in [0.2, 0.25) is 0 Å². The van der Waals surface area contributed by atoms with Crippen molar-refractivity contribution in [2.75, 3.05) is 6.61 Å². The molecule has 0 bridgehead atoms. The Hall–Kier alpha value is -2.93. The topological polar surface area (TPSA) is 208 Å². The molecule has 9 N–H and O–H groups in total. The number of aliphatic hydroxyl groups is 5. The minimum Gasteiger partial charge on any atom is -0.507 e. The number of phenols is 4. The summed E-state index contributed by atoms with van der Waals surface area (Å²) in [7, 11) is 0. The van der Waals surface area contributed by atoms with Crippen molar-refractivity contribution < 1.29 is 55.5 Å². The third-order valence-electron chi connectivity index (χ3n) is 5.41. The molecule has 2 aromatic carbocycles. The first kappa shape index (κ1) is 23.7. The summed E-state index contributed by atoms with van der Waals surface area (Å²) in [5, 5.41) is 89.6. The number of carbonyl (C=O) groups excluding carboxylic acids is 1. The Bertz CT molecular complexity index is 990. The molecule has 32 heavy (non-hydrogen) atoms. The van der Waals surface area contributed by atoms with Gasteiger partial charge >= 0.3 is 0 Å². The molecule has 1 aliphatic rings. The van der Waals surface area contributed by atoms with E-state index in [0.717, 1.165) is 18.2 Å². The second kappa shape index (κ2) is 9.28. The first-order valence-corrected chi connectivity index (χ1v) is 9.65. The molecule has 11 nitrogen and oxygen atoms in total. The predicted molar refractivity (Wildman–Crippen MR) is 106 cm³/mol. The van der Waals surface area contributed by atoms with Crippen LogP contribution in [0.15, 0.2) is 30.3 Å². The fourth-order valence-electron chi connectivity index (χ4n) is 3.61. The molecule has 0 saturated carbocycles. The second-order valence-corrected chi connectivity index (χ2v) is 7.55. The fraction of sp³-hybridized carbons (Fsp3) is 0.381. The number of phenolic OH excluding ortho intramolecular Hbond substituents is 4. The summed E-state index contributed by atoms with van der Waals surface area (Å²) in [5.74, 6) is -3.20. The van der Waals surface area contributed by atoms with Gasteiger partial charge in [-0.25, -0.2) is 0 Å². The monoisotopic (exact) mass is 452 g/mol. The van der Waals surface area contributed by atoms with E-state index in [1.165, 1.54) is 12.1 Å². The summed E-state index contributed by atoms with van der Waals surface area (Å²) >= 11 is 0. The Morgan fingerprint density at radius 2 is 1.56 bits per heavy atom. The molecule has 2 aromatic rings. The van der Waals surface area contributed by atoms with Gasteiger partial charge in [-0.1, -0.05) is 6.07 Å². The molecular weight excluding hydrogens is 428 g/mol. The first-order valence-electron chi connectivity index (χ1n) is 9.65. The highest BCUT2D eigenvalue weighted by Gasteiger charge is 2.46. The lowest BCUT2D eigenvalue weighted by Gasteiger charge is -2.40. The van der Waals surface area contributed by atoms with E-state index in [1.54, 1.807) is 0 Å². The molecule has 11 heteroatoms. The van der Waals surface area contributed by atoms with E-state index in [0.29, 0.717) is 5.56 Å². The molecule has 3 rings (SSSR count). The van der Waals surface area contributed by atoms with Crippen LogP contribution in [0.1, 0.15) is 27.6 Å². The highest BCUT2D eigenvalue weighted by molar-refractivity contribution is 6.02. The second-order valence-electron chi connectivity index (χ2n) is 7.55. The highest BCUT2D eigenvalue weighted by atomic mass is 16.5. The number of ether oxygens (including phenoxy) is 1. The largest absolute Gasteiger partial charge is 0.507 e. The van der Waals surface area contributed by atoms with Crippen LogP contribution in [-0.4, -0.2) is 88.9 Å². The molecule has 0 radical (unpaired) electrons. The molecule has 0 amide bonds. The van der Waals surface area contributed by atoms with Crippen molar-refractivity contribution in [1.82, 2.24) is 0 Å². The van der Waals surface area contributed by atoms with Crippen LogP contribution in [0, 0.1) is 0 Å². The number of carbonyl (C=O) groups is 1. The Morgan fingerprint density at radius 3 is 2.19 bits per heavy atom. The average molecular weight is 452 g/mol. The smallest absolute Gasteiger partial charge is 0.195 e. The van der Waals surface area contributed by atoms with Crippen molar-refractivity contribution in [2.24, 2.45) is 0 Å². The Balaban J connectivity index is 1.91. The SMILES string of the molecule is O=C(c1ccc(O)c([C@@H]2O[C@H](CO)[C@@H](O)[C@H](O)[C@H]2O)c1O)[C@@H](O)Cc1ccc(O)c(O)c1. The molecule has 1 aliphatic heterocycles. The molecule has 6 atom stereocenters. The van der Waals surface area contributed by atoms with Crippen LogP contribution in [-0.2, 0) is 11.2 Å².